The monoisotopic (exact) mass is 259 g/mol. The number of aryl methyl sites for hydroxylation is 1. The highest BCUT2D eigenvalue weighted by Crippen LogP contribution is 2.09. The van der Waals surface area contributed by atoms with Gasteiger partial charge in [-0.1, -0.05) is 13.0 Å². The molecule has 19 heavy (non-hydrogen) atoms. The van der Waals surface area contributed by atoms with Gasteiger partial charge in [0.2, 0.25) is 5.95 Å². The van der Waals surface area contributed by atoms with Gasteiger partial charge in [0.15, 0.2) is 0 Å². The highest BCUT2D eigenvalue weighted by molar-refractivity contribution is 5.22. The van der Waals surface area contributed by atoms with Gasteiger partial charge in [0.25, 0.3) is 0 Å². The molecule has 0 aromatic carbocycles. The number of aromatic nitrogens is 4. The average molecular weight is 259 g/mol. The first kappa shape index (κ1) is 13.2. The summed E-state index contributed by atoms with van der Waals surface area (Å²) in [5.41, 5.74) is 7.72. The van der Waals surface area contributed by atoms with Crippen LogP contribution in [-0.2, 0) is 12.8 Å². The summed E-state index contributed by atoms with van der Waals surface area (Å²) < 4.78 is 5.24. The van der Waals surface area contributed by atoms with Gasteiger partial charge in [-0.05, 0) is 25.0 Å². The molecule has 0 atom stereocenters. The fraction of sp³-hybridized carbons (Fsp3) is 0.385. The number of hydrogen-bond acceptors (Lipinski definition) is 6. The van der Waals surface area contributed by atoms with E-state index >= 15 is 0 Å². The van der Waals surface area contributed by atoms with Crippen molar-refractivity contribution in [1.29, 1.82) is 0 Å². The highest BCUT2D eigenvalue weighted by Gasteiger charge is 2.07. The Labute approximate surface area is 112 Å². The van der Waals surface area contributed by atoms with E-state index in [9.17, 15) is 0 Å². The lowest BCUT2D eigenvalue weighted by Crippen LogP contribution is -2.08. The number of ether oxygens (including phenoxy) is 1. The summed E-state index contributed by atoms with van der Waals surface area (Å²) in [5, 5.41) is 0. The van der Waals surface area contributed by atoms with Crippen LogP contribution in [-0.4, -0.2) is 26.5 Å². The summed E-state index contributed by atoms with van der Waals surface area (Å²) >= 11 is 0. The first-order valence-electron chi connectivity index (χ1n) is 6.28. The third-order valence-electron chi connectivity index (χ3n) is 2.59. The van der Waals surface area contributed by atoms with Gasteiger partial charge in [-0.25, -0.2) is 0 Å². The molecule has 2 aromatic rings. The first-order chi connectivity index (χ1) is 9.21. The molecule has 0 aliphatic heterocycles. The van der Waals surface area contributed by atoms with Gasteiger partial charge in [0, 0.05) is 11.9 Å². The Hall–Kier alpha value is -2.24. The fourth-order valence-corrected chi connectivity index (χ4v) is 1.62. The van der Waals surface area contributed by atoms with Crippen LogP contribution in [0.4, 0.5) is 5.95 Å². The molecule has 0 unspecified atom stereocenters. The van der Waals surface area contributed by atoms with E-state index in [1.807, 2.05) is 19.2 Å². The van der Waals surface area contributed by atoms with E-state index < -0.39 is 0 Å². The zero-order chi connectivity index (χ0) is 13.7. The molecule has 6 nitrogen and oxygen atoms in total. The van der Waals surface area contributed by atoms with Crippen LogP contribution in [0.3, 0.4) is 0 Å². The maximum atomic E-state index is 5.63. The lowest BCUT2D eigenvalue weighted by atomic mass is 10.2. The smallest absolute Gasteiger partial charge is 0.321 e. The van der Waals surface area contributed by atoms with Crippen LogP contribution >= 0.6 is 0 Å². The third-order valence-corrected chi connectivity index (χ3v) is 2.59. The van der Waals surface area contributed by atoms with E-state index in [1.165, 1.54) is 5.56 Å². The van der Waals surface area contributed by atoms with Crippen LogP contribution in [0.1, 0.15) is 30.9 Å². The molecule has 0 aliphatic rings. The van der Waals surface area contributed by atoms with E-state index in [0.29, 0.717) is 18.9 Å². The van der Waals surface area contributed by atoms with Crippen molar-refractivity contribution in [2.24, 2.45) is 0 Å². The Balaban J connectivity index is 2.17. The quantitative estimate of drug-likeness (QED) is 0.873. The molecule has 0 saturated carbocycles. The maximum absolute atomic E-state index is 5.63. The summed E-state index contributed by atoms with van der Waals surface area (Å²) in [6.07, 6.45) is 3.35. The van der Waals surface area contributed by atoms with Gasteiger partial charge >= 0.3 is 6.01 Å². The lowest BCUT2D eigenvalue weighted by molar-refractivity contribution is 0.310. The van der Waals surface area contributed by atoms with Gasteiger partial charge in [-0.3, -0.25) is 4.98 Å². The van der Waals surface area contributed by atoms with Crippen LogP contribution in [0, 0.1) is 0 Å². The van der Waals surface area contributed by atoms with Crippen molar-refractivity contribution in [3.63, 3.8) is 0 Å². The number of nitrogens with two attached hydrogens (primary N) is 1. The Kier molecular flexibility index (Phi) is 4.22. The zero-order valence-electron chi connectivity index (χ0n) is 11.1. The normalized spacial score (nSPS) is 10.4. The predicted molar refractivity (Wildman–Crippen MR) is 71.8 cm³/mol. The van der Waals surface area contributed by atoms with Crippen LogP contribution in [0.5, 0.6) is 6.01 Å². The minimum Gasteiger partial charge on any atom is -0.464 e. The van der Waals surface area contributed by atoms with Crippen molar-refractivity contribution >= 4 is 5.95 Å². The molecule has 0 amide bonds. The molecule has 2 aromatic heterocycles. The number of anilines is 1. The van der Waals surface area contributed by atoms with Gasteiger partial charge in [0.05, 0.1) is 13.0 Å². The Morgan fingerprint density at radius 2 is 2.00 bits per heavy atom. The standard InChI is InChI=1S/C13H17N5O/c1-3-9-5-6-10(15-8-9)7-11-16-12(14)18-13(17-11)19-4-2/h5-6,8H,3-4,7H2,1-2H3,(H2,14,16,17,18). The number of rotatable bonds is 5. The van der Waals surface area contributed by atoms with Crippen molar-refractivity contribution in [2.45, 2.75) is 26.7 Å². The largest absolute Gasteiger partial charge is 0.464 e. The molecule has 0 spiro atoms. The summed E-state index contributed by atoms with van der Waals surface area (Å²) in [5.74, 6) is 0.728. The molecule has 100 valence electrons. The summed E-state index contributed by atoms with van der Waals surface area (Å²) in [6.45, 7) is 4.45. The second kappa shape index (κ2) is 6.08. The zero-order valence-corrected chi connectivity index (χ0v) is 11.1. The Morgan fingerprint density at radius 3 is 2.63 bits per heavy atom. The van der Waals surface area contributed by atoms with Gasteiger partial charge < -0.3 is 10.5 Å². The predicted octanol–water partition coefficient (Wildman–Crippen LogP) is 1.40. The van der Waals surface area contributed by atoms with Crippen LogP contribution in [0.15, 0.2) is 18.3 Å². The van der Waals surface area contributed by atoms with E-state index in [4.69, 9.17) is 10.5 Å². The van der Waals surface area contributed by atoms with E-state index in [-0.39, 0.29) is 12.0 Å². The van der Waals surface area contributed by atoms with Crippen LogP contribution in [0.25, 0.3) is 0 Å². The number of nitrogens with zero attached hydrogens (tertiary/aromatic N) is 4. The molecule has 0 aliphatic carbocycles. The van der Waals surface area contributed by atoms with E-state index in [2.05, 4.69) is 32.9 Å². The first-order valence-corrected chi connectivity index (χ1v) is 6.28. The summed E-state index contributed by atoms with van der Waals surface area (Å²) in [4.78, 5) is 16.6. The molecule has 0 fully saturated rings. The second-order valence-corrected chi connectivity index (χ2v) is 4.01. The maximum Gasteiger partial charge on any atom is 0.321 e. The molecule has 2 N–H and O–H groups in total. The molecular weight excluding hydrogens is 242 g/mol. The topological polar surface area (TPSA) is 86.8 Å². The molecule has 0 bridgehead atoms. The lowest BCUT2D eigenvalue weighted by Gasteiger charge is -2.05. The number of nitrogen functional groups attached to an aromatic ring is 1. The number of hydrogen-bond donors (Lipinski definition) is 1. The molecular formula is C13H17N5O. The molecule has 2 rings (SSSR count). The van der Waals surface area contributed by atoms with Gasteiger partial charge in [0.1, 0.15) is 5.82 Å². The van der Waals surface area contributed by atoms with E-state index in [1.54, 1.807) is 0 Å². The highest BCUT2D eigenvalue weighted by atomic mass is 16.5. The van der Waals surface area contributed by atoms with Gasteiger partial charge in [-0.2, -0.15) is 15.0 Å². The van der Waals surface area contributed by atoms with Crippen molar-refractivity contribution in [2.75, 3.05) is 12.3 Å². The molecule has 6 heteroatoms. The van der Waals surface area contributed by atoms with Crippen molar-refractivity contribution in [3.8, 4) is 6.01 Å². The Morgan fingerprint density at radius 1 is 1.16 bits per heavy atom. The van der Waals surface area contributed by atoms with Crippen LogP contribution in [0.2, 0.25) is 0 Å². The average Bonchev–Trinajstić information content (AvgIpc) is 2.39. The third kappa shape index (κ3) is 3.61. The Bertz CT molecular complexity index is 541. The fourth-order valence-electron chi connectivity index (χ4n) is 1.62. The van der Waals surface area contributed by atoms with Crippen LogP contribution < -0.4 is 10.5 Å². The van der Waals surface area contributed by atoms with Crippen molar-refractivity contribution in [3.05, 3.63) is 35.4 Å². The van der Waals surface area contributed by atoms with Crippen molar-refractivity contribution in [1.82, 2.24) is 19.9 Å². The van der Waals surface area contributed by atoms with Gasteiger partial charge in [-0.15, -0.1) is 0 Å². The minimum absolute atomic E-state index is 0.165. The van der Waals surface area contributed by atoms with E-state index in [0.717, 1.165) is 12.1 Å². The number of pyridine rings is 1. The molecule has 2 heterocycles. The molecule has 0 saturated heterocycles. The summed E-state index contributed by atoms with van der Waals surface area (Å²) in [6, 6.07) is 4.28. The van der Waals surface area contributed by atoms with Crippen molar-refractivity contribution < 1.29 is 4.74 Å². The SMILES string of the molecule is CCOc1nc(N)nc(Cc2ccc(CC)cn2)n1. The second-order valence-electron chi connectivity index (χ2n) is 4.01. The summed E-state index contributed by atoms with van der Waals surface area (Å²) in [7, 11) is 0. The minimum atomic E-state index is 0.165. The molecule has 0 radical (unpaired) electrons.